The summed E-state index contributed by atoms with van der Waals surface area (Å²) in [5.41, 5.74) is 1.14. The predicted molar refractivity (Wildman–Crippen MR) is 64.8 cm³/mol. The molecule has 2 heteroatoms. The van der Waals surface area contributed by atoms with Crippen LogP contribution in [-0.4, -0.2) is 19.5 Å². The van der Waals surface area contributed by atoms with Crippen molar-refractivity contribution in [3.63, 3.8) is 0 Å². The Bertz CT molecular complexity index is 179. The summed E-state index contributed by atoms with van der Waals surface area (Å²) in [6.07, 6.45) is 7.16. The monoisotopic (exact) mass is 212 g/mol. The van der Waals surface area contributed by atoms with E-state index in [1.165, 1.54) is 12.8 Å². The van der Waals surface area contributed by atoms with Gasteiger partial charge in [-0.3, -0.25) is 0 Å². The molecule has 0 aliphatic rings. The van der Waals surface area contributed by atoms with E-state index in [0.717, 1.165) is 12.0 Å². The summed E-state index contributed by atoms with van der Waals surface area (Å²) in [6.45, 7) is 11.4. The van der Waals surface area contributed by atoms with Crippen LogP contribution in [0.25, 0.3) is 0 Å². The fourth-order valence-electron chi connectivity index (χ4n) is 1.19. The van der Waals surface area contributed by atoms with Gasteiger partial charge >= 0.3 is 0 Å². The molecule has 0 N–H and O–H groups in total. The second kappa shape index (κ2) is 9.94. The average molecular weight is 212 g/mol. The first kappa shape index (κ1) is 14.4. The first-order chi connectivity index (χ1) is 7.24. The molecule has 0 aliphatic heterocycles. The minimum Gasteiger partial charge on any atom is -0.349 e. The molecule has 0 aromatic carbocycles. The summed E-state index contributed by atoms with van der Waals surface area (Å²) in [7, 11) is 0. The molecule has 0 heterocycles. The van der Waals surface area contributed by atoms with Gasteiger partial charge < -0.3 is 9.47 Å². The Hall–Kier alpha value is -0.600. The van der Waals surface area contributed by atoms with E-state index in [1.807, 2.05) is 26.0 Å². The van der Waals surface area contributed by atoms with Crippen molar-refractivity contribution in [3.8, 4) is 0 Å². The second-order valence-corrected chi connectivity index (χ2v) is 3.40. The molecule has 0 unspecified atom stereocenters. The topological polar surface area (TPSA) is 18.5 Å². The average Bonchev–Trinajstić information content (AvgIpc) is 2.23. The first-order valence-electron chi connectivity index (χ1n) is 5.83. The molecule has 88 valence electrons. The molecule has 0 saturated carbocycles. The normalized spacial score (nSPS) is 11.5. The predicted octanol–water partition coefficient (Wildman–Crippen LogP) is 3.69. The Labute approximate surface area is 94.0 Å². The van der Waals surface area contributed by atoms with Crippen LogP contribution in [0.1, 0.15) is 40.0 Å². The molecule has 0 fully saturated rings. The summed E-state index contributed by atoms with van der Waals surface area (Å²) in [5, 5.41) is 0. The summed E-state index contributed by atoms with van der Waals surface area (Å²) >= 11 is 0. The molecule has 0 aromatic rings. The second-order valence-electron chi connectivity index (χ2n) is 3.40. The van der Waals surface area contributed by atoms with Crippen molar-refractivity contribution >= 4 is 0 Å². The molecule has 0 amide bonds. The molecule has 0 rings (SSSR count). The molecule has 0 atom stereocenters. The standard InChI is InChI=1S/C13H24O2/c1-5-8-9-12(4)10-11-13(14-6-2)15-7-3/h10-11,13H,4-9H2,1-3H3. The van der Waals surface area contributed by atoms with Crippen LogP contribution in [0.5, 0.6) is 0 Å². The smallest absolute Gasteiger partial charge is 0.177 e. The van der Waals surface area contributed by atoms with Crippen LogP contribution < -0.4 is 0 Å². The Kier molecular flexibility index (Phi) is 9.54. The molecule has 0 aliphatic carbocycles. The van der Waals surface area contributed by atoms with Crippen molar-refractivity contribution < 1.29 is 9.47 Å². The maximum absolute atomic E-state index is 5.39. The number of hydrogen-bond acceptors (Lipinski definition) is 2. The zero-order valence-electron chi connectivity index (χ0n) is 10.3. The van der Waals surface area contributed by atoms with Gasteiger partial charge in [0.05, 0.1) is 0 Å². The first-order valence-corrected chi connectivity index (χ1v) is 5.83. The Morgan fingerprint density at radius 1 is 1.20 bits per heavy atom. The van der Waals surface area contributed by atoms with E-state index >= 15 is 0 Å². The van der Waals surface area contributed by atoms with Crippen molar-refractivity contribution in [1.82, 2.24) is 0 Å². The van der Waals surface area contributed by atoms with Gasteiger partial charge in [0.25, 0.3) is 0 Å². The lowest BCUT2D eigenvalue weighted by atomic mass is 10.1. The van der Waals surface area contributed by atoms with Crippen molar-refractivity contribution in [2.75, 3.05) is 13.2 Å². The quantitative estimate of drug-likeness (QED) is 0.428. The van der Waals surface area contributed by atoms with Crippen molar-refractivity contribution in [2.45, 2.75) is 46.3 Å². The van der Waals surface area contributed by atoms with Crippen LogP contribution in [0.15, 0.2) is 24.3 Å². The van der Waals surface area contributed by atoms with Gasteiger partial charge in [-0.1, -0.05) is 31.6 Å². The Morgan fingerprint density at radius 2 is 1.80 bits per heavy atom. The zero-order valence-corrected chi connectivity index (χ0v) is 10.3. The van der Waals surface area contributed by atoms with Gasteiger partial charge in [-0.2, -0.15) is 0 Å². The molecule has 0 spiro atoms. The summed E-state index contributed by atoms with van der Waals surface area (Å²) in [4.78, 5) is 0. The zero-order chi connectivity index (χ0) is 11.5. The van der Waals surface area contributed by atoms with Crippen LogP contribution in [-0.2, 0) is 9.47 Å². The van der Waals surface area contributed by atoms with Crippen molar-refractivity contribution in [2.24, 2.45) is 0 Å². The van der Waals surface area contributed by atoms with Crippen LogP contribution >= 0.6 is 0 Å². The maximum Gasteiger partial charge on any atom is 0.177 e. The van der Waals surface area contributed by atoms with Gasteiger partial charge in [0.15, 0.2) is 6.29 Å². The summed E-state index contributed by atoms with van der Waals surface area (Å²) < 4.78 is 10.8. The summed E-state index contributed by atoms with van der Waals surface area (Å²) in [6, 6.07) is 0. The molecule has 0 radical (unpaired) electrons. The third-order valence-corrected chi connectivity index (χ3v) is 2.00. The van der Waals surface area contributed by atoms with Gasteiger partial charge in [-0.05, 0) is 32.8 Å². The van der Waals surface area contributed by atoms with Crippen LogP contribution in [0.3, 0.4) is 0 Å². The minimum atomic E-state index is -0.224. The van der Waals surface area contributed by atoms with E-state index in [4.69, 9.17) is 9.47 Å². The van der Waals surface area contributed by atoms with Gasteiger partial charge in [0.2, 0.25) is 0 Å². The highest BCUT2D eigenvalue weighted by Crippen LogP contribution is 2.07. The number of allylic oxidation sites excluding steroid dienone is 2. The highest BCUT2D eigenvalue weighted by atomic mass is 16.7. The van der Waals surface area contributed by atoms with Crippen LogP contribution in [0, 0.1) is 0 Å². The van der Waals surface area contributed by atoms with E-state index in [0.29, 0.717) is 13.2 Å². The van der Waals surface area contributed by atoms with Crippen molar-refractivity contribution in [3.05, 3.63) is 24.3 Å². The molecular formula is C13H24O2. The van der Waals surface area contributed by atoms with Crippen molar-refractivity contribution in [1.29, 1.82) is 0 Å². The fraction of sp³-hybridized carbons (Fsp3) is 0.692. The van der Waals surface area contributed by atoms with E-state index in [9.17, 15) is 0 Å². The third kappa shape index (κ3) is 8.40. The van der Waals surface area contributed by atoms with Crippen LogP contribution in [0.2, 0.25) is 0 Å². The van der Waals surface area contributed by atoms with Gasteiger partial charge in [-0.15, -0.1) is 0 Å². The lowest BCUT2D eigenvalue weighted by Gasteiger charge is -2.12. The lowest BCUT2D eigenvalue weighted by Crippen LogP contribution is -2.14. The van der Waals surface area contributed by atoms with E-state index in [1.54, 1.807) is 0 Å². The highest BCUT2D eigenvalue weighted by Gasteiger charge is 2.01. The molecule has 0 aromatic heterocycles. The molecule has 0 bridgehead atoms. The molecule has 2 nitrogen and oxygen atoms in total. The number of unbranched alkanes of at least 4 members (excludes halogenated alkanes) is 1. The van der Waals surface area contributed by atoms with E-state index in [-0.39, 0.29) is 6.29 Å². The lowest BCUT2D eigenvalue weighted by molar-refractivity contribution is -0.103. The number of hydrogen-bond donors (Lipinski definition) is 0. The largest absolute Gasteiger partial charge is 0.349 e. The number of rotatable bonds is 9. The number of ether oxygens (including phenoxy) is 2. The van der Waals surface area contributed by atoms with E-state index < -0.39 is 0 Å². The summed E-state index contributed by atoms with van der Waals surface area (Å²) in [5.74, 6) is 0. The van der Waals surface area contributed by atoms with E-state index in [2.05, 4.69) is 13.5 Å². The SMILES string of the molecule is C=C(C=CC(OCC)OCC)CCCC. The Morgan fingerprint density at radius 3 is 2.27 bits per heavy atom. The van der Waals surface area contributed by atoms with Crippen LogP contribution in [0.4, 0.5) is 0 Å². The molecule has 15 heavy (non-hydrogen) atoms. The van der Waals surface area contributed by atoms with Gasteiger partial charge in [0.1, 0.15) is 0 Å². The Balaban J connectivity index is 3.90. The maximum atomic E-state index is 5.39. The fourth-order valence-corrected chi connectivity index (χ4v) is 1.19. The third-order valence-electron chi connectivity index (χ3n) is 2.00. The minimum absolute atomic E-state index is 0.224. The highest BCUT2D eigenvalue weighted by molar-refractivity contribution is 5.14. The van der Waals surface area contributed by atoms with Gasteiger partial charge in [0, 0.05) is 13.2 Å². The van der Waals surface area contributed by atoms with Gasteiger partial charge in [-0.25, -0.2) is 0 Å². The molecular weight excluding hydrogens is 188 g/mol. The molecule has 0 saturated heterocycles.